The maximum atomic E-state index is 14.1. The Morgan fingerprint density at radius 2 is 2.07 bits per heavy atom. The van der Waals surface area contributed by atoms with E-state index in [1.807, 2.05) is 0 Å². The standard InChI is InChI=1S/C16H11ClF4N6O2/c1-8-24-25-26-27(8)13-5-10(2-3-12(13)18)23-14(28)9-4-11(17)15(22-6-9)29-7-16(19,20)21/h2-6H,7H2,1H3,(H,23,28). The number of carbonyl (C=O) groups is 1. The summed E-state index contributed by atoms with van der Waals surface area (Å²) in [5.41, 5.74) is 0.186. The Morgan fingerprint density at radius 1 is 1.31 bits per heavy atom. The fourth-order valence-electron chi connectivity index (χ4n) is 2.22. The van der Waals surface area contributed by atoms with Crippen LogP contribution in [-0.2, 0) is 0 Å². The maximum Gasteiger partial charge on any atom is 0.422 e. The molecule has 0 unspecified atom stereocenters. The van der Waals surface area contributed by atoms with Crippen molar-refractivity contribution in [2.75, 3.05) is 11.9 Å². The van der Waals surface area contributed by atoms with E-state index in [9.17, 15) is 22.4 Å². The van der Waals surface area contributed by atoms with Crippen molar-refractivity contribution in [3.8, 4) is 11.6 Å². The van der Waals surface area contributed by atoms with Gasteiger partial charge < -0.3 is 10.1 Å². The molecule has 1 amide bonds. The van der Waals surface area contributed by atoms with Gasteiger partial charge in [0.05, 0.1) is 5.56 Å². The molecule has 0 saturated carbocycles. The van der Waals surface area contributed by atoms with Gasteiger partial charge in [-0.1, -0.05) is 11.6 Å². The molecule has 0 atom stereocenters. The van der Waals surface area contributed by atoms with Crippen LogP contribution in [0, 0.1) is 12.7 Å². The van der Waals surface area contributed by atoms with Crippen LogP contribution in [0.25, 0.3) is 5.69 Å². The van der Waals surface area contributed by atoms with Gasteiger partial charge in [-0.05, 0) is 41.6 Å². The number of rotatable bonds is 5. The Bertz CT molecular complexity index is 1060. The van der Waals surface area contributed by atoms with Gasteiger partial charge in [-0.3, -0.25) is 4.79 Å². The third kappa shape index (κ3) is 4.96. The minimum atomic E-state index is -4.56. The molecule has 1 N–H and O–H groups in total. The highest BCUT2D eigenvalue weighted by molar-refractivity contribution is 6.32. The number of pyridine rings is 1. The predicted octanol–water partition coefficient (Wildman–Crippen LogP) is 3.35. The highest BCUT2D eigenvalue weighted by Crippen LogP contribution is 2.26. The number of hydrogen-bond donors (Lipinski definition) is 1. The second kappa shape index (κ2) is 7.99. The van der Waals surface area contributed by atoms with E-state index in [0.29, 0.717) is 5.82 Å². The Morgan fingerprint density at radius 3 is 2.69 bits per heavy atom. The number of nitrogens with one attached hydrogen (secondary N) is 1. The van der Waals surface area contributed by atoms with Crippen LogP contribution in [0.5, 0.6) is 5.88 Å². The van der Waals surface area contributed by atoms with Crippen molar-refractivity contribution in [2.24, 2.45) is 0 Å². The number of aryl methyl sites for hydroxylation is 1. The SMILES string of the molecule is Cc1nnnn1-c1cc(NC(=O)c2cnc(OCC(F)(F)F)c(Cl)c2)ccc1F. The first-order valence-corrected chi connectivity index (χ1v) is 8.23. The number of alkyl halides is 3. The second-order valence-corrected chi connectivity index (χ2v) is 6.08. The van der Waals surface area contributed by atoms with Gasteiger partial charge in [0.25, 0.3) is 5.91 Å². The zero-order valence-electron chi connectivity index (χ0n) is 14.5. The topological polar surface area (TPSA) is 94.8 Å². The molecule has 2 aromatic heterocycles. The number of tetrazole rings is 1. The number of nitrogens with zero attached hydrogens (tertiary/aromatic N) is 5. The third-order valence-electron chi connectivity index (χ3n) is 3.50. The van der Waals surface area contributed by atoms with Crippen molar-refractivity contribution >= 4 is 23.2 Å². The van der Waals surface area contributed by atoms with Gasteiger partial charge in [-0.2, -0.15) is 17.9 Å². The largest absolute Gasteiger partial charge is 0.467 e. The summed E-state index contributed by atoms with van der Waals surface area (Å²) >= 11 is 5.83. The van der Waals surface area contributed by atoms with E-state index >= 15 is 0 Å². The minimum Gasteiger partial charge on any atom is -0.467 e. The summed E-state index contributed by atoms with van der Waals surface area (Å²) in [6.07, 6.45) is -3.55. The molecule has 152 valence electrons. The first kappa shape index (κ1) is 20.5. The third-order valence-corrected chi connectivity index (χ3v) is 3.77. The fourth-order valence-corrected chi connectivity index (χ4v) is 2.44. The van der Waals surface area contributed by atoms with Gasteiger partial charge in [0.15, 0.2) is 12.4 Å². The quantitative estimate of drug-likeness (QED) is 0.624. The number of carbonyl (C=O) groups excluding carboxylic acids is 1. The van der Waals surface area contributed by atoms with Crippen molar-refractivity contribution in [1.29, 1.82) is 0 Å². The van der Waals surface area contributed by atoms with Gasteiger partial charge in [0.2, 0.25) is 5.88 Å². The highest BCUT2D eigenvalue weighted by atomic mass is 35.5. The van der Waals surface area contributed by atoms with Crippen LogP contribution in [0.4, 0.5) is 23.2 Å². The molecule has 0 fully saturated rings. The van der Waals surface area contributed by atoms with E-state index in [0.717, 1.165) is 23.0 Å². The average Bonchev–Trinajstić information content (AvgIpc) is 3.07. The van der Waals surface area contributed by atoms with Crippen LogP contribution in [0.3, 0.4) is 0 Å². The maximum absolute atomic E-state index is 14.1. The van der Waals surface area contributed by atoms with Crippen molar-refractivity contribution in [1.82, 2.24) is 25.2 Å². The molecule has 0 bridgehead atoms. The predicted molar refractivity (Wildman–Crippen MR) is 92.6 cm³/mol. The van der Waals surface area contributed by atoms with E-state index in [1.165, 1.54) is 12.1 Å². The first-order chi connectivity index (χ1) is 13.6. The van der Waals surface area contributed by atoms with Gasteiger partial charge >= 0.3 is 6.18 Å². The number of halogens is 5. The van der Waals surface area contributed by atoms with E-state index < -0.39 is 30.4 Å². The monoisotopic (exact) mass is 430 g/mol. The Labute approximate surface area is 165 Å². The molecule has 0 aliphatic carbocycles. The van der Waals surface area contributed by atoms with E-state index in [4.69, 9.17) is 11.6 Å². The van der Waals surface area contributed by atoms with Crippen LogP contribution in [0.1, 0.15) is 16.2 Å². The van der Waals surface area contributed by atoms with Crippen molar-refractivity contribution in [2.45, 2.75) is 13.1 Å². The normalized spacial score (nSPS) is 11.4. The van der Waals surface area contributed by atoms with Gasteiger partial charge in [-0.25, -0.2) is 9.37 Å². The van der Waals surface area contributed by atoms with Crippen molar-refractivity contribution in [3.05, 3.63) is 52.7 Å². The molecule has 0 saturated heterocycles. The molecule has 1 aromatic carbocycles. The average molecular weight is 431 g/mol. The molecule has 8 nitrogen and oxygen atoms in total. The fraction of sp³-hybridized carbons (Fsp3) is 0.188. The van der Waals surface area contributed by atoms with Gasteiger partial charge in [0, 0.05) is 11.9 Å². The van der Waals surface area contributed by atoms with E-state index in [2.05, 4.69) is 30.6 Å². The minimum absolute atomic E-state index is 0.0114. The molecular weight excluding hydrogens is 420 g/mol. The number of ether oxygens (including phenoxy) is 1. The lowest BCUT2D eigenvalue weighted by Gasteiger charge is -2.11. The molecule has 2 heterocycles. The van der Waals surface area contributed by atoms with Crippen LogP contribution in [0.2, 0.25) is 5.02 Å². The molecule has 0 radical (unpaired) electrons. The number of amides is 1. The molecule has 0 aliphatic rings. The van der Waals surface area contributed by atoms with Gasteiger partial charge in [-0.15, -0.1) is 5.10 Å². The lowest BCUT2D eigenvalue weighted by molar-refractivity contribution is -0.154. The Kier molecular flexibility index (Phi) is 5.64. The second-order valence-electron chi connectivity index (χ2n) is 5.67. The van der Waals surface area contributed by atoms with E-state index in [-0.39, 0.29) is 22.0 Å². The molecule has 0 aliphatic heterocycles. The Balaban J connectivity index is 1.77. The molecule has 13 heteroatoms. The summed E-state index contributed by atoms with van der Waals surface area (Å²) in [5, 5.41) is 13.0. The summed E-state index contributed by atoms with van der Waals surface area (Å²) in [4.78, 5) is 16.0. The summed E-state index contributed by atoms with van der Waals surface area (Å²) in [7, 11) is 0. The van der Waals surface area contributed by atoms with Crippen LogP contribution in [-0.4, -0.2) is 43.9 Å². The van der Waals surface area contributed by atoms with Gasteiger partial charge in [0.1, 0.15) is 16.5 Å². The molecule has 29 heavy (non-hydrogen) atoms. The number of hydrogen-bond acceptors (Lipinski definition) is 6. The zero-order valence-corrected chi connectivity index (χ0v) is 15.3. The van der Waals surface area contributed by atoms with Crippen LogP contribution in [0.15, 0.2) is 30.5 Å². The van der Waals surface area contributed by atoms with Crippen LogP contribution < -0.4 is 10.1 Å². The molecule has 3 aromatic rings. The summed E-state index contributed by atoms with van der Waals surface area (Å²) < 4.78 is 56.3. The number of aromatic nitrogens is 5. The first-order valence-electron chi connectivity index (χ1n) is 7.85. The smallest absolute Gasteiger partial charge is 0.422 e. The number of benzene rings is 1. The summed E-state index contributed by atoms with van der Waals surface area (Å²) in [6.45, 7) is 0.000946. The van der Waals surface area contributed by atoms with E-state index in [1.54, 1.807) is 6.92 Å². The van der Waals surface area contributed by atoms with Crippen LogP contribution >= 0.6 is 11.6 Å². The zero-order chi connectivity index (χ0) is 21.2. The Hall–Kier alpha value is -3.28. The summed E-state index contributed by atoms with van der Waals surface area (Å²) in [6, 6.07) is 4.84. The van der Waals surface area contributed by atoms with Crippen molar-refractivity contribution < 1.29 is 27.1 Å². The highest BCUT2D eigenvalue weighted by Gasteiger charge is 2.29. The summed E-state index contributed by atoms with van der Waals surface area (Å²) in [5.74, 6) is -1.42. The molecular formula is C16H11ClF4N6O2. The lowest BCUT2D eigenvalue weighted by Crippen LogP contribution is -2.20. The number of anilines is 1. The molecule has 0 spiro atoms. The molecule has 3 rings (SSSR count). The lowest BCUT2D eigenvalue weighted by atomic mass is 10.2. The van der Waals surface area contributed by atoms with Crippen molar-refractivity contribution in [3.63, 3.8) is 0 Å².